The quantitative estimate of drug-likeness (QED) is 0.732. The molecule has 0 fully saturated rings. The van der Waals surface area contributed by atoms with Crippen molar-refractivity contribution in [3.8, 4) is 0 Å². The molecule has 2 rings (SSSR count). The van der Waals surface area contributed by atoms with Gasteiger partial charge < -0.3 is 5.73 Å². The Morgan fingerprint density at radius 3 is 2.93 bits per heavy atom. The molecule has 0 unspecified atom stereocenters. The number of sulfone groups is 1. The minimum atomic E-state index is -2.96. The van der Waals surface area contributed by atoms with Gasteiger partial charge in [0, 0.05) is 29.8 Å². The van der Waals surface area contributed by atoms with Gasteiger partial charge in [-0.1, -0.05) is 0 Å². The molecule has 1 aromatic rings. The maximum absolute atomic E-state index is 11.5. The maximum atomic E-state index is 11.5. The lowest BCUT2D eigenvalue weighted by atomic mass is 10.1. The molecule has 2 N–H and O–H groups in total. The van der Waals surface area contributed by atoms with E-state index in [1.54, 1.807) is 0 Å². The zero-order chi connectivity index (χ0) is 10.9. The van der Waals surface area contributed by atoms with Gasteiger partial charge in [0.1, 0.15) is 6.33 Å². The van der Waals surface area contributed by atoms with Gasteiger partial charge in [-0.3, -0.25) is 0 Å². The molecular weight excluding hydrogens is 214 g/mol. The molecule has 82 valence electrons. The Labute approximate surface area is 88.7 Å². The van der Waals surface area contributed by atoms with Crippen LogP contribution in [-0.2, 0) is 28.4 Å². The van der Waals surface area contributed by atoms with Crippen LogP contribution in [0.5, 0.6) is 0 Å². The lowest BCUT2D eigenvalue weighted by Gasteiger charge is -2.17. The Morgan fingerprint density at radius 1 is 1.40 bits per heavy atom. The Kier molecular flexibility index (Phi) is 2.70. The van der Waals surface area contributed by atoms with E-state index in [1.165, 1.54) is 6.33 Å². The Hall–Kier alpha value is -1.01. The van der Waals surface area contributed by atoms with Crippen molar-refractivity contribution in [2.75, 3.05) is 12.3 Å². The van der Waals surface area contributed by atoms with Crippen molar-refractivity contribution >= 4 is 9.84 Å². The maximum Gasteiger partial charge on any atom is 0.154 e. The van der Waals surface area contributed by atoms with Gasteiger partial charge in [0.05, 0.1) is 11.5 Å². The van der Waals surface area contributed by atoms with Gasteiger partial charge in [0.25, 0.3) is 0 Å². The largest absolute Gasteiger partial charge is 0.330 e. The van der Waals surface area contributed by atoms with Crippen molar-refractivity contribution in [3.05, 3.63) is 23.3 Å². The minimum absolute atomic E-state index is 0.0680. The topological polar surface area (TPSA) is 85.9 Å². The van der Waals surface area contributed by atoms with E-state index in [4.69, 9.17) is 5.73 Å². The third-order valence-corrected chi connectivity index (χ3v) is 4.07. The van der Waals surface area contributed by atoms with Crippen LogP contribution in [0.25, 0.3) is 0 Å². The first kappa shape index (κ1) is 10.5. The molecule has 0 spiro atoms. The van der Waals surface area contributed by atoms with Gasteiger partial charge in [-0.25, -0.2) is 18.4 Å². The molecule has 5 nitrogen and oxygen atoms in total. The third-order valence-electron chi connectivity index (χ3n) is 2.52. The smallest absolute Gasteiger partial charge is 0.154 e. The third kappa shape index (κ3) is 2.15. The van der Waals surface area contributed by atoms with Gasteiger partial charge in [-0.2, -0.15) is 0 Å². The standard InChI is InChI=1S/C9H13N3O2S/c10-3-1-8-7-5-15(13,14)4-2-9(7)12-6-11-8/h6H,1-5,10H2. The van der Waals surface area contributed by atoms with Crippen LogP contribution in [0.3, 0.4) is 0 Å². The van der Waals surface area contributed by atoms with Crippen LogP contribution in [-0.4, -0.2) is 30.7 Å². The van der Waals surface area contributed by atoms with E-state index in [0.717, 1.165) is 17.0 Å². The van der Waals surface area contributed by atoms with Crippen molar-refractivity contribution in [2.24, 2.45) is 5.73 Å². The fourth-order valence-electron chi connectivity index (χ4n) is 1.77. The summed E-state index contributed by atoms with van der Waals surface area (Å²) in [4.78, 5) is 8.20. The lowest BCUT2D eigenvalue weighted by molar-refractivity contribution is 0.589. The van der Waals surface area contributed by atoms with Gasteiger partial charge in [0.15, 0.2) is 9.84 Å². The molecule has 6 heteroatoms. The number of fused-ring (bicyclic) bond motifs is 1. The number of nitrogens with zero attached hydrogens (tertiary/aromatic N) is 2. The number of hydrogen-bond acceptors (Lipinski definition) is 5. The van der Waals surface area contributed by atoms with Crippen LogP contribution in [0.1, 0.15) is 17.0 Å². The highest BCUT2D eigenvalue weighted by Gasteiger charge is 2.24. The normalized spacial score (nSPS) is 18.5. The second kappa shape index (κ2) is 3.86. The molecule has 15 heavy (non-hydrogen) atoms. The molecule has 0 aliphatic carbocycles. The SMILES string of the molecule is NCCc1ncnc2c1CS(=O)(=O)CC2. The predicted molar refractivity (Wildman–Crippen MR) is 56.0 cm³/mol. The number of aryl methyl sites for hydroxylation is 1. The summed E-state index contributed by atoms with van der Waals surface area (Å²) >= 11 is 0. The van der Waals surface area contributed by atoms with E-state index < -0.39 is 9.84 Å². The highest BCUT2D eigenvalue weighted by atomic mass is 32.2. The summed E-state index contributed by atoms with van der Waals surface area (Å²) in [6.45, 7) is 0.476. The van der Waals surface area contributed by atoms with E-state index in [0.29, 0.717) is 19.4 Å². The summed E-state index contributed by atoms with van der Waals surface area (Å²) in [5, 5.41) is 0. The summed E-state index contributed by atoms with van der Waals surface area (Å²) in [6, 6.07) is 0. The van der Waals surface area contributed by atoms with Gasteiger partial charge in [-0.15, -0.1) is 0 Å². The van der Waals surface area contributed by atoms with E-state index in [-0.39, 0.29) is 11.5 Å². The molecule has 0 bridgehead atoms. The zero-order valence-electron chi connectivity index (χ0n) is 8.31. The van der Waals surface area contributed by atoms with Crippen LogP contribution >= 0.6 is 0 Å². The Balaban J connectivity index is 2.45. The average Bonchev–Trinajstić information content (AvgIpc) is 2.18. The molecule has 0 amide bonds. The van der Waals surface area contributed by atoms with E-state index in [1.807, 2.05) is 0 Å². The summed E-state index contributed by atoms with van der Waals surface area (Å²) in [5.41, 5.74) is 7.87. The van der Waals surface area contributed by atoms with Crippen molar-refractivity contribution in [2.45, 2.75) is 18.6 Å². The highest BCUT2D eigenvalue weighted by molar-refractivity contribution is 7.90. The molecule has 1 aliphatic rings. The summed E-state index contributed by atoms with van der Waals surface area (Å²) < 4.78 is 23.0. The first-order valence-electron chi connectivity index (χ1n) is 4.84. The van der Waals surface area contributed by atoms with Crippen LogP contribution in [0.15, 0.2) is 6.33 Å². The predicted octanol–water partition coefficient (Wildman–Crippen LogP) is -0.551. The van der Waals surface area contributed by atoms with Crippen LogP contribution in [0.2, 0.25) is 0 Å². The van der Waals surface area contributed by atoms with Crippen molar-refractivity contribution < 1.29 is 8.42 Å². The van der Waals surface area contributed by atoms with Gasteiger partial charge >= 0.3 is 0 Å². The molecule has 1 aromatic heterocycles. The summed E-state index contributed by atoms with van der Waals surface area (Å²) in [6.07, 6.45) is 2.60. The molecule has 1 aliphatic heterocycles. The average molecular weight is 227 g/mol. The number of rotatable bonds is 2. The molecule has 0 atom stereocenters. The first-order valence-corrected chi connectivity index (χ1v) is 6.66. The van der Waals surface area contributed by atoms with Crippen molar-refractivity contribution in [3.63, 3.8) is 0 Å². The van der Waals surface area contributed by atoms with Gasteiger partial charge in [0.2, 0.25) is 0 Å². The van der Waals surface area contributed by atoms with Crippen LogP contribution in [0.4, 0.5) is 0 Å². The Morgan fingerprint density at radius 2 is 2.20 bits per heavy atom. The molecule has 0 radical (unpaired) electrons. The molecule has 0 saturated carbocycles. The van der Waals surface area contributed by atoms with E-state index in [2.05, 4.69) is 9.97 Å². The highest BCUT2D eigenvalue weighted by Crippen LogP contribution is 2.20. The molecule has 2 heterocycles. The number of aromatic nitrogens is 2. The van der Waals surface area contributed by atoms with Crippen molar-refractivity contribution in [1.82, 2.24) is 9.97 Å². The molecule has 0 aromatic carbocycles. The molecular formula is C9H13N3O2S. The minimum Gasteiger partial charge on any atom is -0.330 e. The van der Waals surface area contributed by atoms with E-state index >= 15 is 0 Å². The van der Waals surface area contributed by atoms with E-state index in [9.17, 15) is 8.42 Å². The fourth-order valence-corrected chi connectivity index (χ4v) is 3.19. The van der Waals surface area contributed by atoms with Crippen LogP contribution in [0, 0.1) is 0 Å². The first-order chi connectivity index (χ1) is 7.12. The second-order valence-electron chi connectivity index (χ2n) is 3.63. The zero-order valence-corrected chi connectivity index (χ0v) is 9.13. The molecule has 0 saturated heterocycles. The fraction of sp³-hybridized carbons (Fsp3) is 0.556. The lowest BCUT2D eigenvalue weighted by Crippen LogP contribution is -2.23. The van der Waals surface area contributed by atoms with Crippen molar-refractivity contribution in [1.29, 1.82) is 0 Å². The summed E-state index contributed by atoms with van der Waals surface area (Å²) in [7, 11) is -2.96. The second-order valence-corrected chi connectivity index (χ2v) is 5.81. The number of nitrogens with two attached hydrogens (primary N) is 1. The summed E-state index contributed by atoms with van der Waals surface area (Å²) in [5.74, 6) is 0.261. The van der Waals surface area contributed by atoms with Gasteiger partial charge in [-0.05, 0) is 6.54 Å². The van der Waals surface area contributed by atoms with Crippen LogP contribution < -0.4 is 5.73 Å². The Bertz CT molecular complexity index is 470. The number of hydrogen-bond donors (Lipinski definition) is 1. The monoisotopic (exact) mass is 227 g/mol.